The van der Waals surface area contributed by atoms with Gasteiger partial charge in [0, 0.05) is 12.4 Å². The molecule has 2 heterocycles. The van der Waals surface area contributed by atoms with Gasteiger partial charge in [0.05, 0.1) is 6.54 Å². The van der Waals surface area contributed by atoms with E-state index in [1.807, 2.05) is 0 Å². The number of carbonyl (C=O) groups excluding carboxylic acids is 1. The van der Waals surface area contributed by atoms with Crippen LogP contribution in [0.4, 0.5) is 10.6 Å². The Bertz CT molecular complexity index is 496. The van der Waals surface area contributed by atoms with Gasteiger partial charge in [0.25, 0.3) is 0 Å². The molecular weight excluding hydrogens is 212 g/mol. The van der Waals surface area contributed by atoms with Crippen molar-refractivity contribution in [3.8, 4) is 0 Å². The maximum Gasteiger partial charge on any atom is 0.404 e. The summed E-state index contributed by atoms with van der Waals surface area (Å²) in [4.78, 5) is 14.4. The van der Waals surface area contributed by atoms with Gasteiger partial charge in [-0.3, -0.25) is 4.40 Å². The van der Waals surface area contributed by atoms with Gasteiger partial charge in [-0.1, -0.05) is 0 Å². The normalized spacial score (nSPS) is 10.2. The van der Waals surface area contributed by atoms with Gasteiger partial charge < -0.3 is 15.8 Å². The van der Waals surface area contributed by atoms with E-state index < -0.39 is 6.09 Å². The molecule has 16 heavy (non-hydrogen) atoms. The smallest absolute Gasteiger partial charge is 0.404 e. The zero-order chi connectivity index (χ0) is 11.4. The number of ether oxygens (including phenoxy) is 1. The molecule has 2 aromatic heterocycles. The maximum absolute atomic E-state index is 10.3. The van der Waals surface area contributed by atoms with Gasteiger partial charge in [0.15, 0.2) is 5.82 Å². The van der Waals surface area contributed by atoms with Crippen LogP contribution in [0.25, 0.3) is 5.65 Å². The number of nitrogens with one attached hydrogen (secondary N) is 1. The largest absolute Gasteiger partial charge is 0.448 e. The van der Waals surface area contributed by atoms with Crippen LogP contribution in [0.1, 0.15) is 0 Å². The molecule has 1 amide bonds. The average molecular weight is 222 g/mol. The number of nitrogens with zero attached hydrogens (tertiary/aromatic N) is 4. The highest BCUT2D eigenvalue weighted by Crippen LogP contribution is 2.08. The summed E-state index contributed by atoms with van der Waals surface area (Å²) in [7, 11) is 0. The van der Waals surface area contributed by atoms with Crippen LogP contribution in [-0.4, -0.2) is 38.8 Å². The van der Waals surface area contributed by atoms with Crippen molar-refractivity contribution in [3.05, 3.63) is 18.7 Å². The first kappa shape index (κ1) is 10.1. The zero-order valence-electron chi connectivity index (χ0n) is 8.33. The topological polar surface area (TPSA) is 107 Å². The molecule has 0 aliphatic heterocycles. The minimum atomic E-state index is -0.796. The fourth-order valence-electron chi connectivity index (χ4n) is 1.20. The number of amides is 1. The molecule has 0 saturated heterocycles. The molecule has 2 aromatic rings. The first-order valence-electron chi connectivity index (χ1n) is 4.58. The molecule has 8 heteroatoms. The van der Waals surface area contributed by atoms with Crippen molar-refractivity contribution in [2.24, 2.45) is 5.73 Å². The molecule has 0 atom stereocenters. The van der Waals surface area contributed by atoms with E-state index in [4.69, 9.17) is 5.73 Å². The van der Waals surface area contributed by atoms with Crippen molar-refractivity contribution < 1.29 is 9.53 Å². The van der Waals surface area contributed by atoms with Gasteiger partial charge in [-0.15, -0.1) is 10.2 Å². The van der Waals surface area contributed by atoms with Crippen LogP contribution in [0.3, 0.4) is 0 Å². The van der Waals surface area contributed by atoms with Gasteiger partial charge in [-0.2, -0.15) is 0 Å². The summed E-state index contributed by atoms with van der Waals surface area (Å²) in [6, 6.07) is 0. The van der Waals surface area contributed by atoms with E-state index in [0.717, 1.165) is 0 Å². The number of rotatable bonds is 4. The Balaban J connectivity index is 1.98. The molecular formula is C8H10N6O2. The number of primary amides is 1. The lowest BCUT2D eigenvalue weighted by atomic mass is 10.5. The van der Waals surface area contributed by atoms with Gasteiger partial charge in [-0.05, 0) is 0 Å². The number of fused-ring (bicyclic) bond motifs is 1. The third kappa shape index (κ3) is 2.16. The van der Waals surface area contributed by atoms with Crippen molar-refractivity contribution in [1.29, 1.82) is 0 Å². The predicted molar refractivity (Wildman–Crippen MR) is 54.8 cm³/mol. The lowest BCUT2D eigenvalue weighted by Gasteiger charge is -2.05. The second-order valence-electron chi connectivity index (χ2n) is 2.93. The third-order valence-corrected chi connectivity index (χ3v) is 1.85. The summed E-state index contributed by atoms with van der Waals surface area (Å²) in [5, 5.41) is 10.6. The molecule has 2 rings (SSSR count). The van der Waals surface area contributed by atoms with Gasteiger partial charge in [0.1, 0.15) is 12.9 Å². The summed E-state index contributed by atoms with van der Waals surface area (Å²) in [5.41, 5.74) is 5.43. The molecule has 84 valence electrons. The van der Waals surface area contributed by atoms with Crippen LogP contribution in [0.2, 0.25) is 0 Å². The van der Waals surface area contributed by atoms with E-state index in [2.05, 4.69) is 25.2 Å². The molecule has 0 unspecified atom stereocenters. The lowest BCUT2D eigenvalue weighted by Crippen LogP contribution is -2.18. The Kier molecular flexibility index (Phi) is 2.81. The number of nitrogens with two attached hydrogens (primary N) is 1. The second kappa shape index (κ2) is 4.43. The molecule has 0 aliphatic rings. The van der Waals surface area contributed by atoms with Crippen LogP contribution in [0.15, 0.2) is 18.7 Å². The minimum Gasteiger partial charge on any atom is -0.448 e. The Hall–Kier alpha value is -2.38. The van der Waals surface area contributed by atoms with Gasteiger partial charge in [-0.25, -0.2) is 9.78 Å². The van der Waals surface area contributed by atoms with Crippen LogP contribution in [0.5, 0.6) is 0 Å². The monoisotopic (exact) mass is 222 g/mol. The van der Waals surface area contributed by atoms with E-state index in [9.17, 15) is 4.79 Å². The van der Waals surface area contributed by atoms with E-state index in [1.165, 1.54) is 0 Å². The van der Waals surface area contributed by atoms with Crippen LogP contribution in [-0.2, 0) is 4.74 Å². The predicted octanol–water partition coefficient (Wildman–Crippen LogP) is -0.369. The summed E-state index contributed by atoms with van der Waals surface area (Å²) in [6.45, 7) is 0.578. The number of carbonyl (C=O) groups is 1. The summed E-state index contributed by atoms with van der Waals surface area (Å²) < 4.78 is 6.29. The lowest BCUT2D eigenvalue weighted by molar-refractivity contribution is 0.161. The summed E-state index contributed by atoms with van der Waals surface area (Å²) in [5.74, 6) is 0.577. The van der Waals surface area contributed by atoms with Crippen LogP contribution >= 0.6 is 0 Å². The standard InChI is InChI=1S/C8H10N6O2/c9-8(15)16-4-2-11-6-7-13-12-5-14(7)3-1-10-6/h1,3,5H,2,4H2,(H2,9,15)(H,10,11). The SMILES string of the molecule is NC(=O)OCCNc1nccn2cnnc12. The van der Waals surface area contributed by atoms with Crippen LogP contribution < -0.4 is 11.1 Å². The molecule has 8 nitrogen and oxygen atoms in total. The highest BCUT2D eigenvalue weighted by atomic mass is 16.5. The number of anilines is 1. The van der Waals surface area contributed by atoms with E-state index in [-0.39, 0.29) is 6.61 Å². The Morgan fingerprint density at radius 3 is 3.31 bits per heavy atom. The molecule has 0 spiro atoms. The molecule has 0 fully saturated rings. The van der Waals surface area contributed by atoms with Gasteiger partial charge >= 0.3 is 6.09 Å². The number of aromatic nitrogens is 4. The Morgan fingerprint density at radius 1 is 1.62 bits per heavy atom. The second-order valence-corrected chi connectivity index (χ2v) is 2.93. The molecule has 0 aromatic carbocycles. The molecule has 0 bridgehead atoms. The maximum atomic E-state index is 10.3. The molecule has 0 saturated carbocycles. The third-order valence-electron chi connectivity index (χ3n) is 1.85. The van der Waals surface area contributed by atoms with Crippen molar-refractivity contribution in [3.63, 3.8) is 0 Å². The fourth-order valence-corrected chi connectivity index (χ4v) is 1.20. The number of hydrogen-bond donors (Lipinski definition) is 2. The zero-order valence-corrected chi connectivity index (χ0v) is 8.33. The molecule has 3 N–H and O–H groups in total. The first-order chi connectivity index (χ1) is 7.77. The quantitative estimate of drug-likeness (QED) is 0.683. The summed E-state index contributed by atoms with van der Waals surface area (Å²) >= 11 is 0. The van der Waals surface area contributed by atoms with Crippen molar-refractivity contribution >= 4 is 17.6 Å². The van der Waals surface area contributed by atoms with Crippen molar-refractivity contribution in [2.75, 3.05) is 18.5 Å². The van der Waals surface area contributed by atoms with Gasteiger partial charge in [0.2, 0.25) is 5.65 Å². The first-order valence-corrected chi connectivity index (χ1v) is 4.58. The molecule has 0 aliphatic carbocycles. The highest BCUT2D eigenvalue weighted by Gasteiger charge is 2.03. The van der Waals surface area contributed by atoms with E-state index in [1.54, 1.807) is 23.1 Å². The molecule has 0 radical (unpaired) electrons. The van der Waals surface area contributed by atoms with E-state index >= 15 is 0 Å². The average Bonchev–Trinajstić information content (AvgIpc) is 2.72. The van der Waals surface area contributed by atoms with Crippen molar-refractivity contribution in [1.82, 2.24) is 19.6 Å². The number of hydrogen-bond acceptors (Lipinski definition) is 6. The fraction of sp³-hybridized carbons (Fsp3) is 0.250. The Morgan fingerprint density at radius 2 is 2.50 bits per heavy atom. The van der Waals surface area contributed by atoms with Crippen molar-refractivity contribution in [2.45, 2.75) is 0 Å². The highest BCUT2D eigenvalue weighted by molar-refractivity contribution is 5.64. The van der Waals surface area contributed by atoms with Crippen LogP contribution in [0, 0.1) is 0 Å². The minimum absolute atomic E-state index is 0.173. The Labute approximate surface area is 90.4 Å². The van der Waals surface area contributed by atoms with E-state index in [0.29, 0.717) is 18.0 Å². The summed E-state index contributed by atoms with van der Waals surface area (Å²) in [6.07, 6.45) is 4.13.